The molecule has 1 aromatic heterocycles. The summed E-state index contributed by atoms with van der Waals surface area (Å²) in [4.78, 5) is 9.81. The molecule has 0 aromatic carbocycles. The van der Waals surface area contributed by atoms with E-state index >= 15 is 0 Å². The fourth-order valence-corrected chi connectivity index (χ4v) is 2.25. The summed E-state index contributed by atoms with van der Waals surface area (Å²) in [5, 5.41) is 0. The van der Waals surface area contributed by atoms with E-state index in [0.717, 1.165) is 24.2 Å². The number of carbonyl (C=O) groups is 1. The molecular formula is C17H32F6N4O4S+2. The zero-order chi connectivity index (χ0) is 25.8. The Kier molecular flexibility index (Phi) is 13.8. The van der Waals surface area contributed by atoms with Gasteiger partial charge in [-0.3, -0.25) is 4.79 Å². The average molecular weight is 503 g/mol. The fraction of sp³-hybridized carbons (Fsp3) is 0.765. The summed E-state index contributed by atoms with van der Waals surface area (Å²) >= 11 is 0. The Bertz CT molecular complexity index is 775. The number of nitrogens with one attached hydrogen (secondary N) is 1. The van der Waals surface area contributed by atoms with Crippen LogP contribution in [0.2, 0.25) is 0 Å². The first-order valence-corrected chi connectivity index (χ1v) is 10.9. The van der Waals surface area contributed by atoms with Crippen LogP contribution in [0.15, 0.2) is 18.7 Å². The summed E-state index contributed by atoms with van der Waals surface area (Å²) in [5.74, 6) is -3.20. The SMILES string of the molecule is CC[N+](C)(CC)CCOC.CCn1cc[n+](C)c1.O=C(NS(=O)(=O)C(F)(F)F)C(F)(F)F. The Morgan fingerprint density at radius 3 is 1.88 bits per heavy atom. The molecule has 0 fully saturated rings. The van der Waals surface area contributed by atoms with Crippen molar-refractivity contribution in [3.63, 3.8) is 0 Å². The topological polar surface area (TPSA) is 81.3 Å². The fourth-order valence-electron chi connectivity index (χ4n) is 1.78. The van der Waals surface area contributed by atoms with Crippen molar-refractivity contribution in [2.45, 2.75) is 39.0 Å². The molecule has 0 spiro atoms. The summed E-state index contributed by atoms with van der Waals surface area (Å²) < 4.78 is 98.2. The number of aryl methyl sites for hydroxylation is 2. The number of aromatic nitrogens is 2. The molecule has 32 heavy (non-hydrogen) atoms. The van der Waals surface area contributed by atoms with Crippen molar-refractivity contribution < 1.29 is 53.3 Å². The lowest BCUT2D eigenvalue weighted by Crippen LogP contribution is -2.46. The highest BCUT2D eigenvalue weighted by molar-refractivity contribution is 7.90. The number of halogens is 6. The van der Waals surface area contributed by atoms with E-state index in [1.54, 1.807) is 7.11 Å². The molecule has 1 aromatic rings. The van der Waals surface area contributed by atoms with Crippen molar-refractivity contribution in [2.75, 3.05) is 40.4 Å². The summed E-state index contributed by atoms with van der Waals surface area (Å²) in [6.45, 7) is 12.0. The number of quaternary nitrogens is 1. The minimum Gasteiger partial charge on any atom is -0.379 e. The second kappa shape index (κ2) is 13.6. The van der Waals surface area contributed by atoms with Gasteiger partial charge in [0.05, 0.1) is 40.3 Å². The minimum atomic E-state index is -6.30. The van der Waals surface area contributed by atoms with E-state index in [1.807, 2.05) is 17.8 Å². The predicted octanol–water partition coefficient (Wildman–Crippen LogP) is 1.97. The van der Waals surface area contributed by atoms with E-state index in [9.17, 15) is 39.6 Å². The van der Waals surface area contributed by atoms with Gasteiger partial charge < -0.3 is 9.22 Å². The maximum absolute atomic E-state index is 11.4. The van der Waals surface area contributed by atoms with Crippen LogP contribution in [0.5, 0.6) is 0 Å². The highest BCUT2D eigenvalue weighted by Crippen LogP contribution is 2.23. The molecule has 1 amide bonds. The van der Waals surface area contributed by atoms with Crippen molar-refractivity contribution in [2.24, 2.45) is 7.05 Å². The van der Waals surface area contributed by atoms with Gasteiger partial charge in [-0.05, 0) is 20.8 Å². The number of imidazole rings is 1. The number of ether oxygens (including phenoxy) is 1. The van der Waals surface area contributed by atoms with Gasteiger partial charge in [-0.1, -0.05) is 0 Å². The van der Waals surface area contributed by atoms with E-state index in [4.69, 9.17) is 4.74 Å². The van der Waals surface area contributed by atoms with Gasteiger partial charge in [-0.2, -0.15) is 34.8 Å². The van der Waals surface area contributed by atoms with Crippen LogP contribution in [0.4, 0.5) is 26.3 Å². The Morgan fingerprint density at radius 1 is 1.12 bits per heavy atom. The van der Waals surface area contributed by atoms with Crippen LogP contribution >= 0.6 is 0 Å². The molecule has 8 nitrogen and oxygen atoms in total. The zero-order valence-corrected chi connectivity index (χ0v) is 19.7. The quantitative estimate of drug-likeness (QED) is 0.351. The number of amides is 1. The Morgan fingerprint density at radius 2 is 1.62 bits per heavy atom. The largest absolute Gasteiger partial charge is 0.516 e. The predicted molar refractivity (Wildman–Crippen MR) is 104 cm³/mol. The molecule has 15 heteroatoms. The van der Waals surface area contributed by atoms with Crippen LogP contribution in [0.25, 0.3) is 0 Å². The summed E-state index contributed by atoms with van der Waals surface area (Å²) in [7, 11) is -0.257. The van der Waals surface area contributed by atoms with Crippen LogP contribution in [-0.4, -0.2) is 75.5 Å². The summed E-state index contributed by atoms with van der Waals surface area (Å²) in [6, 6.07) is 0. The van der Waals surface area contributed by atoms with Gasteiger partial charge in [0.25, 0.3) is 0 Å². The lowest BCUT2D eigenvalue weighted by Gasteiger charge is -2.31. The number of hydrogen-bond acceptors (Lipinski definition) is 4. The molecule has 1 N–H and O–H groups in total. The number of sulfonamides is 1. The van der Waals surface area contributed by atoms with Gasteiger partial charge in [-0.15, -0.1) is 0 Å². The Balaban J connectivity index is 0. The van der Waals surface area contributed by atoms with Gasteiger partial charge in [-0.25, -0.2) is 13.9 Å². The molecule has 1 rings (SSSR count). The number of alkyl halides is 6. The third-order valence-corrected chi connectivity index (χ3v) is 5.40. The Labute approximate surface area is 184 Å². The van der Waals surface area contributed by atoms with Gasteiger partial charge in [0, 0.05) is 7.11 Å². The number of hydrogen-bond donors (Lipinski definition) is 1. The average Bonchev–Trinajstić information content (AvgIpc) is 3.10. The first-order chi connectivity index (χ1) is 14.4. The van der Waals surface area contributed by atoms with E-state index in [-0.39, 0.29) is 4.72 Å². The van der Waals surface area contributed by atoms with Crippen LogP contribution < -0.4 is 9.29 Å². The zero-order valence-electron chi connectivity index (χ0n) is 18.9. The van der Waals surface area contributed by atoms with Crippen LogP contribution in [0.1, 0.15) is 20.8 Å². The number of likely N-dealkylation sites (N-methyl/N-ethyl adjacent to an activating group) is 1. The lowest BCUT2D eigenvalue weighted by molar-refractivity contribution is -0.906. The first kappa shape index (κ1) is 32.3. The standard InChI is InChI=1S/C8H20NO.C6H11N2.C3HF6NO3S/c1-5-9(3,6-2)7-8-10-4;1-3-8-5-4-7(2)6-8;4-2(5,6)1(11)10-14(12,13)3(7,8)9/h5-8H2,1-4H3;4-6H,3H2,1-2H3;(H,10,11)/q2*+1;. The third-order valence-electron chi connectivity index (χ3n) is 4.34. The monoisotopic (exact) mass is 502 g/mol. The number of carbonyl (C=O) groups excluding carboxylic acids is 1. The number of nitrogens with zero attached hydrogens (tertiary/aromatic N) is 3. The smallest absolute Gasteiger partial charge is 0.379 e. The molecule has 190 valence electrons. The van der Waals surface area contributed by atoms with E-state index in [1.165, 1.54) is 13.1 Å². The van der Waals surface area contributed by atoms with Crippen LogP contribution in [0, 0.1) is 0 Å². The van der Waals surface area contributed by atoms with Crippen LogP contribution in [0.3, 0.4) is 0 Å². The molecule has 1 heterocycles. The molecular weight excluding hydrogens is 470 g/mol. The maximum atomic E-state index is 11.4. The minimum absolute atomic E-state index is 0.181. The highest BCUT2D eigenvalue weighted by atomic mass is 32.2. The molecule has 0 bridgehead atoms. The molecule has 0 aliphatic heterocycles. The second-order valence-electron chi connectivity index (χ2n) is 6.76. The van der Waals surface area contributed by atoms with Crippen molar-refractivity contribution in [1.82, 2.24) is 9.29 Å². The van der Waals surface area contributed by atoms with Gasteiger partial charge in [0.1, 0.15) is 18.9 Å². The number of methoxy groups -OCH3 is 1. The molecule has 0 atom stereocenters. The van der Waals surface area contributed by atoms with Crippen molar-refractivity contribution in [3.8, 4) is 0 Å². The van der Waals surface area contributed by atoms with Gasteiger partial charge in [0.2, 0.25) is 6.33 Å². The van der Waals surface area contributed by atoms with Crippen molar-refractivity contribution in [1.29, 1.82) is 0 Å². The van der Waals surface area contributed by atoms with Crippen LogP contribution in [-0.2, 0) is 33.1 Å². The lowest BCUT2D eigenvalue weighted by atomic mass is 10.4. The van der Waals surface area contributed by atoms with E-state index < -0.39 is 27.6 Å². The molecule has 0 aliphatic rings. The summed E-state index contributed by atoms with van der Waals surface area (Å²) in [6.07, 6.45) is 0.446. The van der Waals surface area contributed by atoms with Gasteiger partial charge >= 0.3 is 27.6 Å². The third kappa shape index (κ3) is 12.9. The van der Waals surface area contributed by atoms with Gasteiger partial charge in [0.15, 0.2) is 0 Å². The Hall–Kier alpha value is -1.87. The van der Waals surface area contributed by atoms with E-state index in [0.29, 0.717) is 0 Å². The molecule has 0 saturated carbocycles. The van der Waals surface area contributed by atoms with Crippen molar-refractivity contribution >= 4 is 15.9 Å². The molecule has 0 saturated heterocycles. The van der Waals surface area contributed by atoms with Crippen molar-refractivity contribution in [3.05, 3.63) is 18.7 Å². The normalized spacial score (nSPS) is 12.2. The second-order valence-corrected chi connectivity index (χ2v) is 8.43. The molecule has 0 unspecified atom stereocenters. The molecule has 0 radical (unpaired) electrons. The maximum Gasteiger partial charge on any atom is 0.516 e. The first-order valence-electron chi connectivity index (χ1n) is 9.42. The summed E-state index contributed by atoms with van der Waals surface area (Å²) in [5.41, 5.74) is -5.96. The number of rotatable bonds is 7. The van der Waals surface area contributed by atoms with E-state index in [2.05, 4.69) is 44.9 Å². The molecule has 0 aliphatic carbocycles. The highest BCUT2D eigenvalue weighted by Gasteiger charge is 2.51.